The number of aromatic nitrogens is 3. The summed E-state index contributed by atoms with van der Waals surface area (Å²) in [7, 11) is 0. The number of carbonyl (C=O) groups is 3. The van der Waals surface area contributed by atoms with E-state index in [2.05, 4.69) is 44.8 Å². The zero-order valence-corrected chi connectivity index (χ0v) is 44.3. The molecule has 2 aliphatic heterocycles. The van der Waals surface area contributed by atoms with E-state index >= 15 is 0 Å². The second-order valence-electron chi connectivity index (χ2n) is 19.0. The fraction of sp³-hybridized carbons (Fsp3) is 0.717. The third-order valence-corrected chi connectivity index (χ3v) is 13.0. The molecule has 3 amide bonds. The molecular weight excluding hydrogens is 957 g/mol. The molecule has 74 heavy (non-hydrogen) atoms. The number of piperazine rings is 1. The summed E-state index contributed by atoms with van der Waals surface area (Å²) in [6.45, 7) is 18.2. The van der Waals surface area contributed by atoms with Crippen molar-refractivity contribution in [2.24, 2.45) is 5.41 Å². The molecule has 5 N–H and O–H groups in total. The van der Waals surface area contributed by atoms with Crippen LogP contribution in [0.15, 0.2) is 30.4 Å². The Morgan fingerprint density at radius 1 is 0.662 bits per heavy atom. The summed E-state index contributed by atoms with van der Waals surface area (Å²) in [5, 5.41) is 24.2. The van der Waals surface area contributed by atoms with Gasteiger partial charge in [-0.1, -0.05) is 32.4 Å². The van der Waals surface area contributed by atoms with Gasteiger partial charge in [0.2, 0.25) is 5.91 Å². The van der Waals surface area contributed by atoms with Crippen molar-refractivity contribution in [3.63, 3.8) is 0 Å². The van der Waals surface area contributed by atoms with E-state index < -0.39 is 5.41 Å². The average Bonchev–Trinajstić information content (AvgIpc) is 3.93. The number of aliphatic hydroxyl groups excluding tert-OH is 2. The first kappa shape index (κ1) is 60.6. The number of carbonyl (C=O) groups excluding carboxylic acids is 3. The third kappa shape index (κ3) is 21.8. The van der Waals surface area contributed by atoms with E-state index in [9.17, 15) is 24.6 Å². The molecule has 5 rings (SSSR count). The van der Waals surface area contributed by atoms with Crippen LogP contribution in [0.3, 0.4) is 0 Å². The molecule has 0 aliphatic carbocycles. The second-order valence-corrected chi connectivity index (χ2v) is 19.0. The molecule has 21 heteroatoms. The van der Waals surface area contributed by atoms with Crippen LogP contribution >= 0.6 is 0 Å². The Balaban J connectivity index is 0.765. The third-order valence-electron chi connectivity index (χ3n) is 13.0. The van der Waals surface area contributed by atoms with Crippen molar-refractivity contribution in [2.75, 3.05) is 177 Å². The summed E-state index contributed by atoms with van der Waals surface area (Å²) >= 11 is 0. The zero-order valence-electron chi connectivity index (χ0n) is 44.3. The number of ether oxygens (including phenoxy) is 8. The average molecular weight is 1040 g/mol. The number of hydrogen-bond donors (Lipinski definition) is 4. The van der Waals surface area contributed by atoms with Crippen molar-refractivity contribution in [3.8, 4) is 0 Å². The fourth-order valence-corrected chi connectivity index (χ4v) is 8.52. The zero-order chi connectivity index (χ0) is 52.6. The van der Waals surface area contributed by atoms with Gasteiger partial charge < -0.3 is 73.5 Å². The standard InChI is InChI=1S/C53H86N8O13/c1-3-4-9-46-57-50-51(61(46)40-53(2,41-62)42-63)44-11-10-43(39-45(44)56-52(50)54)8-7-17-59-20-18-58(19-21-59)16-6-5-15-55-47(64)14-23-67-25-27-69-29-31-71-33-35-73-37-38-74-36-34-72-32-30-70-28-26-68-24-22-60-48(65)12-13-49(60)66/h10-13,39,62-63H,3-9,14-38,40-42H2,1-2H3,(H2,54,56)(H,55,64). The number of nitrogens with zero attached hydrogens (tertiary/aromatic N) is 6. The molecule has 1 fully saturated rings. The number of hydrogen-bond acceptors (Lipinski definition) is 18. The summed E-state index contributed by atoms with van der Waals surface area (Å²) in [6.07, 6.45) is 9.63. The molecule has 0 unspecified atom stereocenters. The van der Waals surface area contributed by atoms with E-state index in [1.54, 1.807) is 0 Å². The summed E-state index contributed by atoms with van der Waals surface area (Å²) < 4.78 is 46.1. The van der Waals surface area contributed by atoms with Gasteiger partial charge in [-0.3, -0.25) is 19.3 Å². The number of pyridine rings is 1. The monoisotopic (exact) mass is 1040 g/mol. The maximum Gasteiger partial charge on any atom is 0.253 e. The molecule has 4 heterocycles. The van der Waals surface area contributed by atoms with E-state index in [0.717, 1.165) is 111 Å². The van der Waals surface area contributed by atoms with Crippen molar-refractivity contribution >= 4 is 45.5 Å². The fourth-order valence-electron chi connectivity index (χ4n) is 8.52. The van der Waals surface area contributed by atoms with Crippen LogP contribution in [0.5, 0.6) is 0 Å². The van der Waals surface area contributed by atoms with Crippen LogP contribution in [-0.4, -0.2) is 228 Å². The number of nitrogens with two attached hydrogens (primary N) is 1. The molecule has 2 aliphatic rings. The van der Waals surface area contributed by atoms with Gasteiger partial charge in [-0.05, 0) is 56.8 Å². The van der Waals surface area contributed by atoms with Gasteiger partial charge in [0.05, 0.1) is 137 Å². The number of imidazole rings is 1. The van der Waals surface area contributed by atoms with Crippen molar-refractivity contribution in [2.45, 2.75) is 71.8 Å². The molecule has 0 saturated carbocycles. The second kappa shape index (κ2) is 35.2. The minimum Gasteiger partial charge on any atom is -0.396 e. The Hall–Kier alpha value is -4.23. The van der Waals surface area contributed by atoms with E-state index in [-0.39, 0.29) is 44.1 Å². The molecule has 21 nitrogen and oxygen atoms in total. The van der Waals surface area contributed by atoms with E-state index in [0.29, 0.717) is 130 Å². The summed E-state index contributed by atoms with van der Waals surface area (Å²) in [4.78, 5) is 51.1. The minimum atomic E-state index is -0.694. The Kier molecular flexibility index (Phi) is 28.8. The number of aliphatic hydroxyl groups is 2. The lowest BCUT2D eigenvalue weighted by molar-refractivity contribution is -0.137. The minimum absolute atomic E-state index is 0.00385. The molecule has 0 spiro atoms. The topological polar surface area (TPSA) is 244 Å². The highest BCUT2D eigenvalue weighted by Gasteiger charge is 2.28. The van der Waals surface area contributed by atoms with Crippen LogP contribution in [-0.2, 0) is 71.7 Å². The van der Waals surface area contributed by atoms with Crippen LogP contribution in [0.1, 0.15) is 63.8 Å². The van der Waals surface area contributed by atoms with Crippen LogP contribution in [0.4, 0.5) is 5.82 Å². The summed E-state index contributed by atoms with van der Waals surface area (Å²) in [5.74, 6) is 0.696. The van der Waals surface area contributed by atoms with Gasteiger partial charge >= 0.3 is 0 Å². The molecule has 416 valence electrons. The molecule has 2 aromatic heterocycles. The normalized spacial score (nSPS) is 14.7. The van der Waals surface area contributed by atoms with Gasteiger partial charge in [0, 0.05) is 75.1 Å². The Labute approximate surface area is 437 Å². The van der Waals surface area contributed by atoms with Gasteiger partial charge in [-0.2, -0.15) is 0 Å². The maximum absolute atomic E-state index is 12.3. The van der Waals surface area contributed by atoms with Gasteiger partial charge in [0.15, 0.2) is 5.82 Å². The number of imide groups is 1. The smallest absolute Gasteiger partial charge is 0.253 e. The number of nitrogen functional groups attached to an aromatic ring is 1. The number of unbranched alkanes of at least 4 members (excludes halogenated alkanes) is 2. The van der Waals surface area contributed by atoms with Crippen molar-refractivity contribution < 1.29 is 62.5 Å². The SMILES string of the molecule is CCCCc1nc2c(N)nc3cc(CCCN4CCN(CCCCNC(=O)CCOCCOCCOCCOCCOCCOCCOCCOCCN5C(=O)C=CC5=O)CC4)ccc3c2n1CC(C)(CO)CO. The Bertz CT molecular complexity index is 2100. The summed E-state index contributed by atoms with van der Waals surface area (Å²) in [5.41, 5.74) is 9.50. The van der Waals surface area contributed by atoms with E-state index in [1.807, 2.05) is 6.92 Å². The highest BCUT2D eigenvalue weighted by molar-refractivity contribution is 6.12. The molecule has 0 radical (unpaired) electrons. The number of aryl methyl sites for hydroxylation is 2. The summed E-state index contributed by atoms with van der Waals surface area (Å²) in [6, 6.07) is 6.47. The lowest BCUT2D eigenvalue weighted by Crippen LogP contribution is -2.46. The number of anilines is 1. The highest BCUT2D eigenvalue weighted by Crippen LogP contribution is 2.32. The van der Waals surface area contributed by atoms with E-state index in [1.165, 1.54) is 17.7 Å². The van der Waals surface area contributed by atoms with Crippen LogP contribution < -0.4 is 11.1 Å². The first-order valence-corrected chi connectivity index (χ1v) is 26.8. The quantitative estimate of drug-likeness (QED) is 0.0470. The van der Waals surface area contributed by atoms with Crippen LogP contribution in [0, 0.1) is 5.41 Å². The van der Waals surface area contributed by atoms with Gasteiger partial charge in [-0.25, -0.2) is 9.97 Å². The van der Waals surface area contributed by atoms with Crippen molar-refractivity contribution in [1.82, 2.24) is 34.6 Å². The molecule has 0 bridgehead atoms. The number of rotatable bonds is 43. The molecule has 1 aromatic carbocycles. The Morgan fingerprint density at radius 3 is 1.70 bits per heavy atom. The molecule has 3 aromatic rings. The largest absolute Gasteiger partial charge is 0.396 e. The first-order chi connectivity index (χ1) is 36.1. The molecule has 1 saturated heterocycles. The van der Waals surface area contributed by atoms with Gasteiger partial charge in [0.1, 0.15) is 11.3 Å². The predicted octanol–water partition coefficient (Wildman–Crippen LogP) is 2.39. The molecular formula is C53H86N8O13. The van der Waals surface area contributed by atoms with Crippen molar-refractivity contribution in [3.05, 3.63) is 41.7 Å². The molecule has 0 atom stereocenters. The highest BCUT2D eigenvalue weighted by atomic mass is 16.6. The van der Waals surface area contributed by atoms with E-state index in [4.69, 9.17) is 53.6 Å². The van der Waals surface area contributed by atoms with Gasteiger partial charge in [-0.15, -0.1) is 0 Å². The number of benzene rings is 1. The first-order valence-electron chi connectivity index (χ1n) is 26.8. The predicted molar refractivity (Wildman–Crippen MR) is 281 cm³/mol. The van der Waals surface area contributed by atoms with Crippen molar-refractivity contribution in [1.29, 1.82) is 0 Å². The Morgan fingerprint density at radius 2 is 1.18 bits per heavy atom. The van der Waals surface area contributed by atoms with Gasteiger partial charge in [0.25, 0.3) is 11.8 Å². The maximum atomic E-state index is 12.3. The number of amides is 3. The lowest BCUT2D eigenvalue weighted by atomic mass is 9.92. The van der Waals surface area contributed by atoms with Crippen LogP contribution in [0.2, 0.25) is 0 Å². The lowest BCUT2D eigenvalue weighted by Gasteiger charge is -2.34. The van der Waals surface area contributed by atoms with Crippen LogP contribution in [0.25, 0.3) is 21.9 Å². The number of nitrogens with one attached hydrogen (secondary N) is 1. The number of fused-ring (bicyclic) bond motifs is 3.